The fourth-order valence-corrected chi connectivity index (χ4v) is 1.69. The van der Waals surface area contributed by atoms with Gasteiger partial charge in [-0.2, -0.15) is 5.10 Å². The third-order valence-corrected chi connectivity index (χ3v) is 2.59. The molecule has 0 fully saturated rings. The van der Waals surface area contributed by atoms with Crippen LogP contribution in [0.25, 0.3) is 0 Å². The van der Waals surface area contributed by atoms with Crippen LogP contribution in [-0.2, 0) is 0 Å². The maximum absolute atomic E-state index is 12.1. The predicted octanol–water partition coefficient (Wildman–Crippen LogP) is 1.95. The molecule has 8 heteroatoms. The molecule has 0 saturated heterocycles. The summed E-state index contributed by atoms with van der Waals surface area (Å²) in [4.78, 5) is 22.3. The molecule has 2 aromatic heterocycles. The molecule has 0 bridgehead atoms. The molecule has 0 aromatic carbocycles. The highest BCUT2D eigenvalue weighted by atomic mass is 16.6. The zero-order valence-corrected chi connectivity index (χ0v) is 10.5. The molecule has 0 spiro atoms. The number of rotatable bonds is 4. The maximum atomic E-state index is 12.1. The molecule has 0 aliphatic carbocycles. The van der Waals surface area contributed by atoms with Crippen LogP contribution < -0.4 is 5.32 Å². The van der Waals surface area contributed by atoms with Gasteiger partial charge in [0.05, 0.1) is 23.0 Å². The van der Waals surface area contributed by atoms with E-state index < -0.39 is 10.8 Å². The number of H-pyrrole nitrogens is 1. The average molecular weight is 263 g/mol. The van der Waals surface area contributed by atoms with Crippen LogP contribution in [0.2, 0.25) is 0 Å². The van der Waals surface area contributed by atoms with Gasteiger partial charge in [-0.05, 0) is 13.8 Å². The molecule has 2 rings (SSSR count). The molecular formula is C11H13N5O3. The first-order chi connectivity index (χ1) is 8.99. The number of nitrogens with one attached hydrogen (secondary N) is 2. The monoisotopic (exact) mass is 263 g/mol. The number of nitrogens with zero attached hydrogens (tertiary/aromatic N) is 3. The van der Waals surface area contributed by atoms with Crippen LogP contribution >= 0.6 is 0 Å². The lowest BCUT2D eigenvalue weighted by molar-refractivity contribution is -0.384. The van der Waals surface area contributed by atoms with Crippen LogP contribution in [0.5, 0.6) is 0 Å². The van der Waals surface area contributed by atoms with E-state index in [1.165, 1.54) is 24.7 Å². The molecular weight excluding hydrogens is 250 g/mol. The zero-order chi connectivity index (χ0) is 14.0. The summed E-state index contributed by atoms with van der Waals surface area (Å²) in [5.74, 6) is -0.414. The smallest absolute Gasteiger partial charge is 0.287 e. The maximum Gasteiger partial charge on any atom is 0.287 e. The second-order valence-corrected chi connectivity index (χ2v) is 4.28. The van der Waals surface area contributed by atoms with Crippen LogP contribution in [-0.4, -0.2) is 25.6 Å². The summed E-state index contributed by atoms with van der Waals surface area (Å²) < 4.78 is 1.56. The fourth-order valence-electron chi connectivity index (χ4n) is 1.69. The van der Waals surface area contributed by atoms with E-state index in [1.807, 2.05) is 13.8 Å². The number of hydrogen-bond acceptors (Lipinski definition) is 4. The lowest BCUT2D eigenvalue weighted by Crippen LogP contribution is -2.17. The summed E-state index contributed by atoms with van der Waals surface area (Å²) in [5.41, 5.74) is 0.637. The van der Waals surface area contributed by atoms with Gasteiger partial charge < -0.3 is 9.88 Å². The number of aromatic nitrogens is 3. The first kappa shape index (κ1) is 12.8. The summed E-state index contributed by atoms with van der Waals surface area (Å²) in [6, 6.07) is 1.20. The lowest BCUT2D eigenvalue weighted by atomic mass is 10.3. The molecule has 100 valence electrons. The van der Waals surface area contributed by atoms with Crippen LogP contribution in [0.1, 0.15) is 30.4 Å². The van der Waals surface area contributed by atoms with Gasteiger partial charge >= 0.3 is 0 Å². The Morgan fingerprint density at radius 2 is 2.32 bits per heavy atom. The van der Waals surface area contributed by atoms with Crippen molar-refractivity contribution in [1.82, 2.24) is 14.8 Å². The van der Waals surface area contributed by atoms with E-state index in [0.29, 0.717) is 5.69 Å². The van der Waals surface area contributed by atoms with E-state index >= 15 is 0 Å². The normalized spacial score (nSPS) is 10.7. The van der Waals surface area contributed by atoms with Gasteiger partial charge in [0.1, 0.15) is 5.69 Å². The molecule has 0 aliphatic rings. The van der Waals surface area contributed by atoms with Gasteiger partial charge in [-0.25, -0.2) is 0 Å². The highest BCUT2D eigenvalue weighted by Gasteiger charge is 2.20. The second-order valence-electron chi connectivity index (χ2n) is 4.28. The van der Waals surface area contributed by atoms with E-state index in [2.05, 4.69) is 15.5 Å². The van der Waals surface area contributed by atoms with Crippen molar-refractivity contribution in [3.63, 3.8) is 0 Å². The molecule has 0 unspecified atom stereocenters. The minimum Gasteiger partial charge on any atom is -0.335 e. The number of hydrogen-bond donors (Lipinski definition) is 2. The summed E-state index contributed by atoms with van der Waals surface area (Å²) in [6.45, 7) is 3.69. The number of carbonyl (C=O) groups excluding carboxylic acids is 1. The molecule has 0 saturated carbocycles. The van der Waals surface area contributed by atoms with Gasteiger partial charge in [-0.3, -0.25) is 20.0 Å². The molecule has 19 heavy (non-hydrogen) atoms. The summed E-state index contributed by atoms with van der Waals surface area (Å²) >= 11 is 0. The number of amides is 1. The van der Waals surface area contributed by atoms with Gasteiger partial charge in [-0.15, -0.1) is 0 Å². The van der Waals surface area contributed by atoms with Gasteiger partial charge in [-0.1, -0.05) is 0 Å². The Labute approximate surface area is 108 Å². The van der Waals surface area contributed by atoms with Gasteiger partial charge in [0.15, 0.2) is 0 Å². The Bertz CT molecular complexity index is 600. The summed E-state index contributed by atoms with van der Waals surface area (Å²) in [7, 11) is 0. The minimum atomic E-state index is -0.520. The van der Waals surface area contributed by atoms with Gasteiger partial charge in [0, 0.05) is 18.3 Å². The Hall–Kier alpha value is -2.64. The van der Waals surface area contributed by atoms with Crippen LogP contribution in [0.15, 0.2) is 24.7 Å². The Morgan fingerprint density at radius 1 is 1.58 bits per heavy atom. The van der Waals surface area contributed by atoms with E-state index in [-0.39, 0.29) is 17.4 Å². The highest BCUT2D eigenvalue weighted by molar-refractivity contribution is 6.03. The first-order valence-electron chi connectivity index (χ1n) is 5.65. The van der Waals surface area contributed by atoms with Crippen molar-refractivity contribution in [3.05, 3.63) is 40.5 Å². The van der Waals surface area contributed by atoms with E-state index in [4.69, 9.17) is 0 Å². The molecule has 2 N–H and O–H groups in total. The quantitative estimate of drug-likeness (QED) is 0.649. The first-order valence-corrected chi connectivity index (χ1v) is 5.65. The van der Waals surface area contributed by atoms with E-state index in [0.717, 1.165) is 0 Å². The van der Waals surface area contributed by atoms with Crippen LogP contribution in [0, 0.1) is 10.1 Å². The largest absolute Gasteiger partial charge is 0.335 e. The molecule has 0 atom stereocenters. The molecule has 1 amide bonds. The van der Waals surface area contributed by atoms with Crippen LogP contribution in [0.3, 0.4) is 0 Å². The number of nitro groups is 1. The standard InChI is InChI=1S/C11H13N5O3/c1-7(2)15-6-9(16(18)19)3-10(15)11(17)14-8-4-12-13-5-8/h3-7H,1-2H3,(H,12,13)(H,14,17). The van der Waals surface area contributed by atoms with Gasteiger partial charge in [0.25, 0.3) is 11.6 Å². The average Bonchev–Trinajstić information content (AvgIpc) is 2.96. The van der Waals surface area contributed by atoms with Crippen molar-refractivity contribution < 1.29 is 9.72 Å². The Morgan fingerprint density at radius 3 is 2.84 bits per heavy atom. The minimum absolute atomic E-state index is 0.0567. The topological polar surface area (TPSA) is 106 Å². The SMILES string of the molecule is CC(C)n1cc([N+](=O)[O-])cc1C(=O)Nc1cn[nH]c1. The van der Waals surface area contributed by atoms with Crippen molar-refractivity contribution in [1.29, 1.82) is 0 Å². The number of anilines is 1. The predicted molar refractivity (Wildman–Crippen MR) is 68.0 cm³/mol. The Balaban J connectivity index is 2.32. The van der Waals surface area contributed by atoms with Crippen molar-refractivity contribution in [2.45, 2.75) is 19.9 Å². The number of carbonyl (C=O) groups is 1. The van der Waals surface area contributed by atoms with Gasteiger partial charge in [0.2, 0.25) is 0 Å². The van der Waals surface area contributed by atoms with E-state index in [9.17, 15) is 14.9 Å². The van der Waals surface area contributed by atoms with Crippen molar-refractivity contribution in [2.24, 2.45) is 0 Å². The summed E-state index contributed by atoms with van der Waals surface area (Å²) in [6.07, 6.45) is 4.33. The fraction of sp³-hybridized carbons (Fsp3) is 0.273. The molecule has 2 aromatic rings. The summed E-state index contributed by atoms with van der Waals surface area (Å²) in [5, 5.41) is 19.7. The molecule has 0 aliphatic heterocycles. The Kier molecular flexibility index (Phi) is 3.32. The highest BCUT2D eigenvalue weighted by Crippen LogP contribution is 2.21. The van der Waals surface area contributed by atoms with E-state index in [1.54, 1.807) is 4.57 Å². The third-order valence-electron chi connectivity index (χ3n) is 2.59. The lowest BCUT2D eigenvalue weighted by Gasteiger charge is -2.11. The molecule has 0 radical (unpaired) electrons. The molecule has 8 nitrogen and oxygen atoms in total. The zero-order valence-electron chi connectivity index (χ0n) is 10.5. The number of aromatic amines is 1. The third kappa shape index (κ3) is 2.62. The van der Waals surface area contributed by atoms with Crippen molar-refractivity contribution in [2.75, 3.05) is 5.32 Å². The molecule has 2 heterocycles. The van der Waals surface area contributed by atoms with Crippen molar-refractivity contribution >= 4 is 17.3 Å². The van der Waals surface area contributed by atoms with Crippen LogP contribution in [0.4, 0.5) is 11.4 Å². The second kappa shape index (κ2) is 4.92. The van der Waals surface area contributed by atoms with Crippen molar-refractivity contribution in [3.8, 4) is 0 Å².